The molecule has 2 aromatic carbocycles. The molecule has 0 unspecified atom stereocenters. The number of hydrogen-bond donors (Lipinski definition) is 1. The maximum absolute atomic E-state index is 6.24. The molecule has 3 heteroatoms. The molecular formula is C18H22ClNO. The van der Waals surface area contributed by atoms with Crippen LogP contribution in [0.3, 0.4) is 0 Å². The van der Waals surface area contributed by atoms with Crippen LogP contribution in [-0.2, 0) is 6.42 Å². The van der Waals surface area contributed by atoms with Gasteiger partial charge >= 0.3 is 0 Å². The van der Waals surface area contributed by atoms with Gasteiger partial charge in [-0.15, -0.1) is 0 Å². The maximum Gasteiger partial charge on any atom is 0.132 e. The van der Waals surface area contributed by atoms with Gasteiger partial charge in [-0.25, -0.2) is 0 Å². The van der Waals surface area contributed by atoms with Crippen LogP contribution in [0, 0.1) is 6.92 Å². The molecule has 0 spiro atoms. The zero-order valence-corrected chi connectivity index (χ0v) is 13.6. The minimum Gasteiger partial charge on any atom is -0.457 e. The van der Waals surface area contributed by atoms with E-state index >= 15 is 0 Å². The van der Waals surface area contributed by atoms with E-state index in [2.05, 4.69) is 32.9 Å². The van der Waals surface area contributed by atoms with Crippen molar-refractivity contribution < 1.29 is 4.74 Å². The third-order valence-electron chi connectivity index (χ3n) is 3.56. The summed E-state index contributed by atoms with van der Waals surface area (Å²) in [6.07, 6.45) is 0.706. The van der Waals surface area contributed by atoms with E-state index in [1.807, 2.05) is 24.3 Å². The molecule has 0 saturated carbocycles. The van der Waals surface area contributed by atoms with E-state index in [-0.39, 0.29) is 0 Å². The molecule has 0 saturated heterocycles. The molecule has 0 aromatic heterocycles. The first-order valence-corrected chi connectivity index (χ1v) is 7.66. The average molecular weight is 304 g/mol. The Hall–Kier alpha value is -1.51. The van der Waals surface area contributed by atoms with Crippen molar-refractivity contribution in [3.63, 3.8) is 0 Å². The Kier molecular flexibility index (Phi) is 5.27. The Morgan fingerprint density at radius 2 is 1.95 bits per heavy atom. The van der Waals surface area contributed by atoms with Gasteiger partial charge in [0.05, 0.1) is 0 Å². The number of aryl methyl sites for hydroxylation is 1. The van der Waals surface area contributed by atoms with Crippen molar-refractivity contribution in [3.8, 4) is 11.5 Å². The lowest BCUT2D eigenvalue weighted by molar-refractivity contribution is 0.475. The molecule has 0 radical (unpaired) electrons. The second kappa shape index (κ2) is 6.97. The zero-order valence-electron chi connectivity index (χ0n) is 12.8. The number of benzene rings is 2. The van der Waals surface area contributed by atoms with Gasteiger partial charge in [0.1, 0.15) is 11.5 Å². The smallest absolute Gasteiger partial charge is 0.132 e. The minimum absolute atomic E-state index is 0.512. The Morgan fingerprint density at radius 1 is 1.19 bits per heavy atom. The van der Waals surface area contributed by atoms with Gasteiger partial charge in [0.15, 0.2) is 0 Å². The van der Waals surface area contributed by atoms with E-state index in [4.69, 9.17) is 22.1 Å². The van der Waals surface area contributed by atoms with E-state index in [1.54, 1.807) is 0 Å². The predicted molar refractivity (Wildman–Crippen MR) is 89.6 cm³/mol. The summed E-state index contributed by atoms with van der Waals surface area (Å²) in [6.45, 7) is 7.05. The largest absolute Gasteiger partial charge is 0.457 e. The van der Waals surface area contributed by atoms with E-state index in [0.717, 1.165) is 17.1 Å². The zero-order chi connectivity index (χ0) is 15.4. The molecule has 0 heterocycles. The van der Waals surface area contributed by atoms with E-state index in [0.29, 0.717) is 23.9 Å². The highest BCUT2D eigenvalue weighted by molar-refractivity contribution is 6.31. The van der Waals surface area contributed by atoms with Crippen molar-refractivity contribution in [2.24, 2.45) is 5.73 Å². The molecular weight excluding hydrogens is 282 g/mol. The topological polar surface area (TPSA) is 35.2 Å². The fraction of sp³-hybridized carbons (Fsp3) is 0.333. The fourth-order valence-corrected chi connectivity index (χ4v) is 2.77. The van der Waals surface area contributed by atoms with Gasteiger partial charge in [-0.05, 0) is 61.2 Å². The SMILES string of the molecule is Cc1cc(Oc2cccc(Cl)c2CCN)ccc1C(C)C. The first-order valence-electron chi connectivity index (χ1n) is 7.28. The molecule has 112 valence electrons. The number of hydrogen-bond acceptors (Lipinski definition) is 2. The first kappa shape index (κ1) is 15.9. The fourth-order valence-electron chi connectivity index (χ4n) is 2.51. The molecule has 0 aliphatic carbocycles. The Balaban J connectivity index is 2.30. The lowest BCUT2D eigenvalue weighted by atomic mass is 9.98. The molecule has 0 atom stereocenters. The summed E-state index contributed by atoms with van der Waals surface area (Å²) in [4.78, 5) is 0. The van der Waals surface area contributed by atoms with Gasteiger partial charge in [-0.1, -0.05) is 37.6 Å². The molecule has 2 aromatic rings. The van der Waals surface area contributed by atoms with Gasteiger partial charge in [-0.3, -0.25) is 0 Å². The third-order valence-corrected chi connectivity index (χ3v) is 3.92. The Bertz CT molecular complexity index is 623. The highest BCUT2D eigenvalue weighted by atomic mass is 35.5. The quantitative estimate of drug-likeness (QED) is 0.837. The van der Waals surface area contributed by atoms with Gasteiger partial charge in [-0.2, -0.15) is 0 Å². The average Bonchev–Trinajstić information content (AvgIpc) is 2.42. The highest BCUT2D eigenvalue weighted by Gasteiger charge is 2.10. The highest BCUT2D eigenvalue weighted by Crippen LogP contribution is 2.32. The molecule has 0 bridgehead atoms. The minimum atomic E-state index is 0.512. The molecule has 0 aliphatic heterocycles. The van der Waals surface area contributed by atoms with Crippen LogP contribution in [0.2, 0.25) is 5.02 Å². The van der Waals surface area contributed by atoms with Crippen molar-refractivity contribution in [2.45, 2.75) is 33.1 Å². The second-order valence-electron chi connectivity index (χ2n) is 5.53. The van der Waals surface area contributed by atoms with Gasteiger partial charge in [0, 0.05) is 10.6 Å². The van der Waals surface area contributed by atoms with Crippen molar-refractivity contribution in [2.75, 3.05) is 6.54 Å². The number of halogens is 1. The van der Waals surface area contributed by atoms with E-state index in [9.17, 15) is 0 Å². The normalized spacial score (nSPS) is 11.0. The Morgan fingerprint density at radius 3 is 2.57 bits per heavy atom. The predicted octanol–water partition coefficient (Wildman–Crippen LogP) is 5.07. The molecule has 0 aliphatic rings. The van der Waals surface area contributed by atoms with Gasteiger partial charge < -0.3 is 10.5 Å². The van der Waals surface area contributed by atoms with Crippen molar-refractivity contribution in [1.82, 2.24) is 0 Å². The maximum atomic E-state index is 6.24. The summed E-state index contributed by atoms with van der Waals surface area (Å²) < 4.78 is 6.02. The van der Waals surface area contributed by atoms with E-state index < -0.39 is 0 Å². The van der Waals surface area contributed by atoms with Crippen LogP contribution in [0.1, 0.15) is 36.5 Å². The van der Waals surface area contributed by atoms with Crippen LogP contribution in [0.4, 0.5) is 0 Å². The van der Waals surface area contributed by atoms with Gasteiger partial charge in [0.25, 0.3) is 0 Å². The monoisotopic (exact) mass is 303 g/mol. The van der Waals surface area contributed by atoms with Crippen molar-refractivity contribution in [1.29, 1.82) is 0 Å². The number of ether oxygens (including phenoxy) is 1. The van der Waals surface area contributed by atoms with Crippen molar-refractivity contribution in [3.05, 3.63) is 58.1 Å². The lowest BCUT2D eigenvalue weighted by Crippen LogP contribution is -2.04. The van der Waals surface area contributed by atoms with Crippen LogP contribution in [-0.4, -0.2) is 6.54 Å². The van der Waals surface area contributed by atoms with Crippen LogP contribution in [0.25, 0.3) is 0 Å². The molecule has 2 rings (SSSR count). The molecule has 0 amide bonds. The summed E-state index contributed by atoms with van der Waals surface area (Å²) in [5, 5.41) is 0.702. The molecule has 2 nitrogen and oxygen atoms in total. The summed E-state index contributed by atoms with van der Waals surface area (Å²) >= 11 is 6.24. The van der Waals surface area contributed by atoms with Crippen LogP contribution < -0.4 is 10.5 Å². The Labute approximate surface area is 131 Å². The standard InChI is InChI=1S/C18H22ClNO/c1-12(2)15-8-7-14(11-13(15)3)21-18-6-4-5-17(19)16(18)9-10-20/h4-8,11-12H,9-10,20H2,1-3H3. The van der Waals surface area contributed by atoms with Gasteiger partial charge in [0.2, 0.25) is 0 Å². The first-order chi connectivity index (χ1) is 10.0. The van der Waals surface area contributed by atoms with Crippen LogP contribution >= 0.6 is 11.6 Å². The summed E-state index contributed by atoms with van der Waals surface area (Å²) in [6, 6.07) is 11.9. The number of rotatable bonds is 5. The third kappa shape index (κ3) is 3.78. The molecule has 0 fully saturated rings. The lowest BCUT2D eigenvalue weighted by Gasteiger charge is -2.15. The summed E-state index contributed by atoms with van der Waals surface area (Å²) in [5.74, 6) is 2.13. The van der Waals surface area contributed by atoms with Crippen LogP contribution in [0.15, 0.2) is 36.4 Å². The second-order valence-corrected chi connectivity index (χ2v) is 5.94. The van der Waals surface area contributed by atoms with Crippen molar-refractivity contribution >= 4 is 11.6 Å². The molecule has 21 heavy (non-hydrogen) atoms. The summed E-state index contributed by atoms with van der Waals surface area (Å²) in [5.41, 5.74) is 9.20. The van der Waals surface area contributed by atoms with Crippen LogP contribution in [0.5, 0.6) is 11.5 Å². The van der Waals surface area contributed by atoms with E-state index in [1.165, 1.54) is 11.1 Å². The molecule has 2 N–H and O–H groups in total. The summed E-state index contributed by atoms with van der Waals surface area (Å²) in [7, 11) is 0. The number of nitrogens with two attached hydrogens (primary N) is 1.